The molecule has 2 heteroatoms. The second kappa shape index (κ2) is 20.2. The number of nitrogens with zero attached hydrogens (tertiary/aromatic N) is 2. The number of hydrogen-bond donors (Lipinski definition) is 0. The highest BCUT2D eigenvalue weighted by molar-refractivity contribution is 6.23. The molecule has 452 valence electrons. The van der Waals surface area contributed by atoms with Crippen molar-refractivity contribution in [3.63, 3.8) is 0 Å². The van der Waals surface area contributed by atoms with Gasteiger partial charge in [-0.15, -0.1) is 0 Å². The lowest BCUT2D eigenvalue weighted by Crippen LogP contribution is -2.30. The number of fused-ring (bicyclic) bond motifs is 24. The molecule has 0 bridgehead atoms. The number of para-hydroxylation sites is 4. The molecule has 2 spiro atoms. The Morgan fingerprint density at radius 3 is 1.09 bits per heavy atom. The molecular weight excluding hydrogens is 1160 g/mol. The lowest BCUT2D eigenvalue weighted by molar-refractivity contribution is 0.632. The van der Waals surface area contributed by atoms with Crippen LogP contribution in [0.15, 0.2) is 322 Å². The zero-order valence-corrected chi connectivity index (χ0v) is 54.1. The van der Waals surface area contributed by atoms with E-state index >= 15 is 0 Å². The highest BCUT2D eigenvalue weighted by atomic mass is 15.2. The van der Waals surface area contributed by atoms with Gasteiger partial charge in [-0.25, -0.2) is 0 Å². The van der Waals surface area contributed by atoms with E-state index in [9.17, 15) is 0 Å². The Bertz CT molecular complexity index is 5370. The fraction of sp³-hybridized carbons (Fsp3) is 0.0851. The maximum Gasteiger partial charge on any atom is 0.0725 e. The minimum absolute atomic E-state index is 0.226. The predicted molar refractivity (Wildman–Crippen MR) is 401 cm³/mol. The van der Waals surface area contributed by atoms with Crippen LogP contribution in [0.1, 0.15) is 94.8 Å². The zero-order chi connectivity index (χ0) is 63.8. The summed E-state index contributed by atoms with van der Waals surface area (Å²) in [4.78, 5) is 5.05. The first-order valence-corrected chi connectivity index (χ1v) is 34.1. The number of anilines is 6. The van der Waals surface area contributed by atoms with E-state index in [1.165, 1.54) is 167 Å². The SMILES string of the molecule is CC(C)c1ccccc1N(c1ccccc1)c1ccc2c(-c3ccc4c(c3)C3(c5ccccc5-c5ccccc53)c3ccccc3-4)c3cc(N4c5ccccc5C(C)(C)c5ccccc54)ccc3c(-c3ccc4c(c3)C3(c5ccccc5-c5ccccc53)c3ccccc3-4)c2c1. The van der Waals surface area contributed by atoms with Gasteiger partial charge in [0, 0.05) is 28.2 Å². The molecule has 0 unspecified atom stereocenters. The molecule has 2 nitrogen and oxygen atoms in total. The highest BCUT2D eigenvalue weighted by Gasteiger charge is 2.53. The van der Waals surface area contributed by atoms with E-state index in [4.69, 9.17) is 0 Å². The van der Waals surface area contributed by atoms with Crippen LogP contribution in [0.25, 0.3) is 88.3 Å². The molecule has 0 radical (unpaired) electrons. The summed E-state index contributed by atoms with van der Waals surface area (Å²) in [6.45, 7) is 9.40. The molecular formula is C94H66N2. The van der Waals surface area contributed by atoms with Gasteiger partial charge >= 0.3 is 0 Å². The normalized spacial score (nSPS) is 14.6. The minimum atomic E-state index is -0.540. The second-order valence-corrected chi connectivity index (χ2v) is 27.9. The molecule has 15 aromatic rings. The maximum absolute atomic E-state index is 2.61. The molecule has 0 amide bonds. The van der Waals surface area contributed by atoms with Crippen LogP contribution in [0, 0.1) is 0 Å². The lowest BCUT2D eigenvalue weighted by atomic mass is 9.70. The summed E-state index contributed by atoms with van der Waals surface area (Å²) in [5.74, 6) is 0.278. The Balaban J connectivity index is 0.934. The summed E-state index contributed by atoms with van der Waals surface area (Å²) in [5, 5.41) is 4.76. The first-order valence-electron chi connectivity index (χ1n) is 34.1. The molecule has 0 saturated heterocycles. The van der Waals surface area contributed by atoms with Crippen LogP contribution in [0.5, 0.6) is 0 Å². The van der Waals surface area contributed by atoms with Crippen LogP contribution in [0.3, 0.4) is 0 Å². The van der Waals surface area contributed by atoms with Gasteiger partial charge in [0.2, 0.25) is 0 Å². The molecule has 15 aromatic carbocycles. The van der Waals surface area contributed by atoms with E-state index in [2.05, 4.69) is 359 Å². The highest BCUT2D eigenvalue weighted by Crippen LogP contribution is 2.66. The largest absolute Gasteiger partial charge is 0.310 e. The third kappa shape index (κ3) is 7.20. The lowest BCUT2D eigenvalue weighted by Gasteiger charge is -2.42. The van der Waals surface area contributed by atoms with Crippen LogP contribution in [-0.4, -0.2) is 0 Å². The molecule has 20 rings (SSSR count). The van der Waals surface area contributed by atoms with Gasteiger partial charge in [-0.05, 0) is 222 Å². The number of benzene rings is 15. The van der Waals surface area contributed by atoms with Crippen molar-refractivity contribution >= 4 is 55.7 Å². The molecule has 0 saturated carbocycles. The second-order valence-electron chi connectivity index (χ2n) is 27.9. The van der Waals surface area contributed by atoms with Crippen LogP contribution >= 0.6 is 0 Å². The van der Waals surface area contributed by atoms with Gasteiger partial charge in [0.25, 0.3) is 0 Å². The summed E-state index contributed by atoms with van der Waals surface area (Å²) in [5.41, 5.74) is 35.3. The standard InChI is InChI=1S/C94H66N2/c1-58(2)64-28-14-23-43-87(64)95(61-26-6-5-7-27-61)62-48-52-73-75(56-62)90(59-46-50-71-69-33-12-19-39-81(69)93(85(71)54-59)77-35-15-8-29-65(77)66-30-9-16-36-78(66)93)74-53-49-63(96-88-44-24-21-41-83(88)92(3,4)84-42-22-25-45-89(84)96)57-76(74)91(73)60-47-51-72-70-34-13-20-40-82(70)94(86(72)55-60)79-37-17-10-31-67(79)68-32-11-18-38-80(68)94/h5-58H,1-4H3. The summed E-state index contributed by atoms with van der Waals surface area (Å²) >= 11 is 0. The molecule has 0 N–H and O–H groups in total. The molecule has 1 aliphatic heterocycles. The number of hydrogen-bond acceptors (Lipinski definition) is 2. The van der Waals surface area contributed by atoms with Crippen LogP contribution in [-0.2, 0) is 16.2 Å². The van der Waals surface area contributed by atoms with E-state index in [0.29, 0.717) is 0 Å². The van der Waals surface area contributed by atoms with Crippen molar-refractivity contribution < 1.29 is 0 Å². The van der Waals surface area contributed by atoms with Crippen LogP contribution in [0.2, 0.25) is 0 Å². The zero-order valence-electron chi connectivity index (χ0n) is 54.1. The molecule has 0 atom stereocenters. The van der Waals surface area contributed by atoms with Crippen molar-refractivity contribution in [2.24, 2.45) is 0 Å². The van der Waals surface area contributed by atoms with Gasteiger partial charge in [-0.3, -0.25) is 0 Å². The van der Waals surface area contributed by atoms with E-state index < -0.39 is 10.8 Å². The molecule has 96 heavy (non-hydrogen) atoms. The molecule has 1 heterocycles. The predicted octanol–water partition coefficient (Wildman–Crippen LogP) is 24.7. The molecule has 5 aliphatic rings. The summed E-state index contributed by atoms with van der Waals surface area (Å²) in [6.07, 6.45) is 0. The Morgan fingerprint density at radius 1 is 0.281 bits per heavy atom. The van der Waals surface area contributed by atoms with E-state index in [-0.39, 0.29) is 11.3 Å². The third-order valence-electron chi connectivity index (χ3n) is 22.6. The minimum Gasteiger partial charge on any atom is -0.310 e. The van der Waals surface area contributed by atoms with Gasteiger partial charge in [-0.2, -0.15) is 0 Å². The quantitative estimate of drug-likeness (QED) is 0.147. The molecule has 4 aliphatic carbocycles. The van der Waals surface area contributed by atoms with Crippen molar-refractivity contribution in [2.45, 2.75) is 49.9 Å². The fourth-order valence-electron chi connectivity index (χ4n) is 18.7. The Hall–Kier alpha value is -11.6. The molecule has 0 aromatic heterocycles. The van der Waals surface area contributed by atoms with Crippen molar-refractivity contribution in [2.75, 3.05) is 9.80 Å². The van der Waals surface area contributed by atoms with Crippen molar-refractivity contribution in [3.8, 4) is 66.8 Å². The monoisotopic (exact) mass is 1220 g/mol. The van der Waals surface area contributed by atoms with E-state index in [1.54, 1.807) is 0 Å². The fourth-order valence-corrected chi connectivity index (χ4v) is 18.7. The molecule has 0 fully saturated rings. The topological polar surface area (TPSA) is 6.48 Å². The van der Waals surface area contributed by atoms with E-state index in [1.807, 2.05) is 0 Å². The average Bonchev–Trinajstić information content (AvgIpc) is 1.44. The van der Waals surface area contributed by atoms with Crippen molar-refractivity contribution in [1.82, 2.24) is 0 Å². The maximum atomic E-state index is 2.61. The van der Waals surface area contributed by atoms with Crippen molar-refractivity contribution in [3.05, 3.63) is 383 Å². The van der Waals surface area contributed by atoms with E-state index in [0.717, 1.165) is 17.1 Å². The average molecular weight is 1220 g/mol. The first kappa shape index (κ1) is 54.9. The summed E-state index contributed by atoms with van der Waals surface area (Å²) < 4.78 is 0. The number of rotatable bonds is 7. The Morgan fingerprint density at radius 2 is 0.646 bits per heavy atom. The Labute approximate surface area is 561 Å². The van der Waals surface area contributed by atoms with Crippen molar-refractivity contribution in [1.29, 1.82) is 0 Å². The van der Waals surface area contributed by atoms with Crippen LogP contribution in [0.4, 0.5) is 34.1 Å². The van der Waals surface area contributed by atoms with Gasteiger partial charge in [-0.1, -0.05) is 282 Å². The van der Waals surface area contributed by atoms with Gasteiger partial charge in [0.1, 0.15) is 0 Å². The van der Waals surface area contributed by atoms with Gasteiger partial charge in [0.05, 0.1) is 22.2 Å². The third-order valence-corrected chi connectivity index (χ3v) is 22.6. The van der Waals surface area contributed by atoms with Gasteiger partial charge in [0.15, 0.2) is 0 Å². The van der Waals surface area contributed by atoms with Crippen LogP contribution < -0.4 is 9.80 Å². The summed E-state index contributed by atoms with van der Waals surface area (Å²) in [7, 11) is 0. The first-order chi connectivity index (χ1) is 47.2. The smallest absolute Gasteiger partial charge is 0.0725 e. The summed E-state index contributed by atoms with van der Waals surface area (Å²) in [6, 6.07) is 123. The van der Waals surface area contributed by atoms with Gasteiger partial charge < -0.3 is 9.80 Å². The Kier molecular flexibility index (Phi) is 11.6.